The molecule has 1 unspecified atom stereocenters. The Morgan fingerprint density at radius 1 is 1.31 bits per heavy atom. The van der Waals surface area contributed by atoms with Crippen molar-refractivity contribution in [1.82, 2.24) is 0 Å². The largest absolute Gasteiger partial charge is 0.436 e. The van der Waals surface area contributed by atoms with Crippen LogP contribution in [0.1, 0.15) is 11.8 Å². The fraction of sp³-hybridized carbons (Fsp3) is 0.125. The molecule has 0 saturated heterocycles. The average molecular weight is 257 g/mol. The molecule has 2 rings (SSSR count). The van der Waals surface area contributed by atoms with Crippen LogP contribution in [-0.4, -0.2) is 5.17 Å². The van der Waals surface area contributed by atoms with Gasteiger partial charge in [-0.1, -0.05) is 28.1 Å². The Bertz CT molecular complexity index is 363. The van der Waals surface area contributed by atoms with Crippen LogP contribution in [0.5, 0.6) is 0 Å². The zero-order valence-corrected chi connectivity index (χ0v) is 8.88. The number of thiocarbonyl (C=S) groups is 1. The van der Waals surface area contributed by atoms with Crippen molar-refractivity contribution in [2.24, 2.45) is 10.2 Å². The van der Waals surface area contributed by atoms with E-state index in [0.29, 0.717) is 0 Å². The molecule has 1 atom stereocenters. The zero-order valence-electron chi connectivity index (χ0n) is 6.48. The molecule has 0 aliphatic carbocycles. The minimum Gasteiger partial charge on any atom is -0.436 e. The van der Waals surface area contributed by atoms with E-state index in [4.69, 9.17) is 17.0 Å². The van der Waals surface area contributed by atoms with Crippen molar-refractivity contribution in [3.63, 3.8) is 0 Å². The van der Waals surface area contributed by atoms with Gasteiger partial charge in [0.25, 0.3) is 0 Å². The third-order valence-electron chi connectivity index (χ3n) is 1.61. The van der Waals surface area contributed by atoms with Gasteiger partial charge in [0.2, 0.25) is 6.23 Å². The van der Waals surface area contributed by atoms with Crippen molar-refractivity contribution in [3.05, 3.63) is 34.3 Å². The van der Waals surface area contributed by atoms with Crippen molar-refractivity contribution in [2.75, 3.05) is 0 Å². The van der Waals surface area contributed by atoms with Gasteiger partial charge in [0, 0.05) is 10.0 Å². The smallest absolute Gasteiger partial charge is 0.304 e. The fourth-order valence-electron chi connectivity index (χ4n) is 1.00. The highest BCUT2D eigenvalue weighted by Gasteiger charge is 2.18. The van der Waals surface area contributed by atoms with Crippen molar-refractivity contribution >= 4 is 33.3 Å². The molecule has 0 N–H and O–H groups in total. The number of rotatable bonds is 1. The maximum Gasteiger partial charge on any atom is 0.304 e. The van der Waals surface area contributed by atoms with E-state index in [1.807, 2.05) is 24.3 Å². The van der Waals surface area contributed by atoms with Crippen molar-refractivity contribution in [1.29, 1.82) is 0 Å². The highest BCUT2D eigenvalue weighted by molar-refractivity contribution is 9.10. The first-order valence-electron chi connectivity index (χ1n) is 3.62. The molecule has 0 aromatic heterocycles. The molecule has 1 aromatic carbocycles. The van der Waals surface area contributed by atoms with Crippen LogP contribution in [0.3, 0.4) is 0 Å². The number of benzene rings is 1. The van der Waals surface area contributed by atoms with E-state index in [1.165, 1.54) is 0 Å². The van der Waals surface area contributed by atoms with Crippen molar-refractivity contribution in [3.8, 4) is 0 Å². The number of ether oxygens (including phenoxy) is 1. The molecule has 1 aliphatic heterocycles. The summed E-state index contributed by atoms with van der Waals surface area (Å²) in [5.41, 5.74) is 0.951. The Balaban J connectivity index is 2.22. The van der Waals surface area contributed by atoms with Crippen LogP contribution < -0.4 is 0 Å². The fourth-order valence-corrected chi connectivity index (χ4v) is 1.41. The summed E-state index contributed by atoms with van der Waals surface area (Å²) in [4.78, 5) is 0. The van der Waals surface area contributed by atoms with E-state index in [-0.39, 0.29) is 11.4 Å². The predicted molar refractivity (Wildman–Crippen MR) is 55.4 cm³/mol. The Kier molecular flexibility index (Phi) is 2.37. The first-order chi connectivity index (χ1) is 6.25. The Hall–Kier alpha value is -0.810. The standard InChI is InChI=1S/C8H5BrN2OS/c9-6-3-1-5(2-4-6)7-10-11-8(13)12-7/h1-4,7H. The second-order valence-electron chi connectivity index (χ2n) is 2.50. The average Bonchev–Trinajstić information content (AvgIpc) is 2.53. The third kappa shape index (κ3) is 1.92. The summed E-state index contributed by atoms with van der Waals surface area (Å²) in [7, 11) is 0. The molecule has 0 spiro atoms. The molecule has 1 heterocycles. The molecule has 0 bridgehead atoms. The number of hydrogen-bond donors (Lipinski definition) is 0. The molecule has 0 amide bonds. The summed E-state index contributed by atoms with van der Waals surface area (Å²) in [6.45, 7) is 0. The van der Waals surface area contributed by atoms with Crippen molar-refractivity contribution in [2.45, 2.75) is 6.23 Å². The number of halogens is 1. The maximum absolute atomic E-state index is 5.17. The molecule has 5 heteroatoms. The number of hydrogen-bond acceptors (Lipinski definition) is 3. The lowest BCUT2D eigenvalue weighted by Crippen LogP contribution is -1.97. The van der Waals surface area contributed by atoms with Crippen LogP contribution in [0.25, 0.3) is 0 Å². The van der Waals surface area contributed by atoms with Gasteiger partial charge in [0.1, 0.15) is 0 Å². The number of azo groups is 1. The van der Waals surface area contributed by atoms with Gasteiger partial charge in [-0.05, 0) is 24.4 Å². The topological polar surface area (TPSA) is 34.0 Å². The van der Waals surface area contributed by atoms with E-state index >= 15 is 0 Å². The predicted octanol–water partition coefficient (Wildman–Crippen LogP) is 3.22. The summed E-state index contributed by atoms with van der Waals surface area (Å²) in [6, 6.07) is 7.69. The molecule has 0 saturated carbocycles. The van der Waals surface area contributed by atoms with Gasteiger partial charge < -0.3 is 4.74 Å². The van der Waals surface area contributed by atoms with Crippen LogP contribution in [-0.2, 0) is 4.74 Å². The maximum atomic E-state index is 5.17. The van der Waals surface area contributed by atoms with Crippen LogP contribution in [0.2, 0.25) is 0 Å². The van der Waals surface area contributed by atoms with Gasteiger partial charge in [-0.15, -0.1) is 10.2 Å². The van der Waals surface area contributed by atoms with Gasteiger partial charge in [-0.2, -0.15) is 0 Å². The Morgan fingerprint density at radius 2 is 2.00 bits per heavy atom. The summed E-state index contributed by atoms with van der Waals surface area (Å²) in [5, 5.41) is 7.70. The second-order valence-corrected chi connectivity index (χ2v) is 3.77. The molecular weight excluding hydrogens is 252 g/mol. The van der Waals surface area contributed by atoms with E-state index in [2.05, 4.69) is 26.2 Å². The molecule has 0 fully saturated rings. The first-order valence-corrected chi connectivity index (χ1v) is 4.83. The van der Waals surface area contributed by atoms with Gasteiger partial charge in [0.05, 0.1) is 0 Å². The lowest BCUT2D eigenvalue weighted by molar-refractivity contribution is 0.227. The summed E-state index contributed by atoms with van der Waals surface area (Å²) >= 11 is 8.08. The molecule has 66 valence electrons. The van der Waals surface area contributed by atoms with Crippen LogP contribution in [0, 0.1) is 0 Å². The lowest BCUT2D eigenvalue weighted by Gasteiger charge is -2.05. The minimum absolute atomic E-state index is 0.202. The second kappa shape index (κ2) is 3.51. The Labute approximate surface area is 88.9 Å². The van der Waals surface area contributed by atoms with Gasteiger partial charge in [0.15, 0.2) is 0 Å². The van der Waals surface area contributed by atoms with Gasteiger partial charge >= 0.3 is 5.17 Å². The van der Waals surface area contributed by atoms with Crippen LogP contribution in [0.4, 0.5) is 0 Å². The highest BCUT2D eigenvalue weighted by Crippen LogP contribution is 2.25. The van der Waals surface area contributed by atoms with E-state index in [9.17, 15) is 0 Å². The summed E-state index contributed by atoms with van der Waals surface area (Å²) in [6.07, 6.45) is -0.361. The number of nitrogens with zero attached hydrogens (tertiary/aromatic N) is 2. The van der Waals surface area contributed by atoms with Gasteiger partial charge in [-0.3, -0.25) is 0 Å². The molecule has 1 aromatic rings. The SMILES string of the molecule is S=C1N=NC(c2ccc(Br)cc2)O1. The lowest BCUT2D eigenvalue weighted by atomic mass is 10.2. The molecule has 3 nitrogen and oxygen atoms in total. The van der Waals surface area contributed by atoms with Gasteiger partial charge in [-0.25, -0.2) is 0 Å². The van der Waals surface area contributed by atoms with Crippen molar-refractivity contribution < 1.29 is 4.74 Å². The van der Waals surface area contributed by atoms with Crippen LogP contribution >= 0.6 is 28.1 Å². The normalized spacial score (nSPS) is 20.4. The zero-order chi connectivity index (χ0) is 9.26. The molecule has 0 radical (unpaired) electrons. The highest BCUT2D eigenvalue weighted by atomic mass is 79.9. The molecule has 1 aliphatic rings. The van der Waals surface area contributed by atoms with E-state index in [1.54, 1.807) is 0 Å². The van der Waals surface area contributed by atoms with Crippen LogP contribution in [0.15, 0.2) is 39.0 Å². The summed E-state index contributed by atoms with van der Waals surface area (Å²) < 4.78 is 6.19. The van der Waals surface area contributed by atoms with E-state index < -0.39 is 0 Å². The van der Waals surface area contributed by atoms with E-state index in [0.717, 1.165) is 10.0 Å². The monoisotopic (exact) mass is 256 g/mol. The summed E-state index contributed by atoms with van der Waals surface area (Å²) in [5.74, 6) is 0. The molecule has 13 heavy (non-hydrogen) atoms. The Morgan fingerprint density at radius 3 is 2.54 bits per heavy atom. The minimum atomic E-state index is -0.361. The third-order valence-corrected chi connectivity index (χ3v) is 2.32. The molecular formula is C8H5BrN2OS. The first kappa shape index (κ1) is 8.77. The quantitative estimate of drug-likeness (QED) is 0.724.